The Kier molecular flexibility index (Phi) is 5.99. The number of urea groups is 1. The molecule has 0 saturated heterocycles. The molecule has 1 heterocycles. The number of carbonyl (C=O) groups is 3. The SMILES string of the molecule is CCOC(=O)CC1=C(C(=O)OCC)C(c2ccc(O)cc2)NC(=O)N1. The molecule has 0 radical (unpaired) electrons. The van der Waals surface area contributed by atoms with E-state index in [9.17, 15) is 19.5 Å². The summed E-state index contributed by atoms with van der Waals surface area (Å²) in [6.07, 6.45) is -0.260. The standard InChI is InChI=1S/C17H20N2O6/c1-3-24-13(21)9-12-14(16(22)25-4-2)15(19-17(23)18-12)10-5-7-11(20)8-6-10/h5-8,15,20H,3-4,9H2,1-2H3,(H2,18,19,23). The molecule has 0 aromatic heterocycles. The average Bonchev–Trinajstić information content (AvgIpc) is 2.55. The fraction of sp³-hybridized carbons (Fsp3) is 0.353. The van der Waals surface area contributed by atoms with Crippen molar-refractivity contribution in [2.45, 2.75) is 26.3 Å². The van der Waals surface area contributed by atoms with E-state index in [4.69, 9.17) is 9.47 Å². The van der Waals surface area contributed by atoms with Crippen molar-refractivity contribution >= 4 is 18.0 Å². The maximum atomic E-state index is 12.4. The van der Waals surface area contributed by atoms with Crippen LogP contribution in [0.5, 0.6) is 5.75 Å². The first-order valence-electron chi connectivity index (χ1n) is 7.88. The third-order valence-electron chi connectivity index (χ3n) is 3.50. The largest absolute Gasteiger partial charge is 0.508 e. The van der Waals surface area contributed by atoms with Crippen LogP contribution in [-0.2, 0) is 19.1 Å². The Labute approximate surface area is 144 Å². The van der Waals surface area contributed by atoms with Crippen molar-refractivity contribution < 1.29 is 29.0 Å². The minimum Gasteiger partial charge on any atom is -0.508 e. The molecule has 2 rings (SSSR count). The number of phenolic OH excluding ortho intramolecular Hbond substituents is 1. The number of aromatic hydroxyl groups is 1. The van der Waals surface area contributed by atoms with Crippen molar-refractivity contribution in [2.24, 2.45) is 0 Å². The van der Waals surface area contributed by atoms with Crippen LogP contribution in [0.2, 0.25) is 0 Å². The normalized spacial score (nSPS) is 16.7. The van der Waals surface area contributed by atoms with Crippen LogP contribution in [0.25, 0.3) is 0 Å². The molecule has 0 bridgehead atoms. The van der Waals surface area contributed by atoms with Gasteiger partial charge in [0.15, 0.2) is 0 Å². The maximum Gasteiger partial charge on any atom is 0.338 e. The molecular formula is C17H20N2O6. The van der Waals surface area contributed by atoms with Gasteiger partial charge in [0.25, 0.3) is 0 Å². The van der Waals surface area contributed by atoms with Gasteiger partial charge in [-0.1, -0.05) is 12.1 Å². The Balaban J connectivity index is 2.46. The minimum absolute atomic E-state index is 0.0532. The van der Waals surface area contributed by atoms with Crippen molar-refractivity contribution in [3.05, 3.63) is 41.1 Å². The molecule has 3 N–H and O–H groups in total. The van der Waals surface area contributed by atoms with E-state index in [0.29, 0.717) is 5.56 Å². The predicted molar refractivity (Wildman–Crippen MR) is 87.4 cm³/mol. The highest BCUT2D eigenvalue weighted by molar-refractivity contribution is 5.96. The average molecular weight is 348 g/mol. The minimum atomic E-state index is -0.808. The first-order valence-corrected chi connectivity index (χ1v) is 7.88. The van der Waals surface area contributed by atoms with Gasteiger partial charge in [-0.15, -0.1) is 0 Å². The molecule has 1 aromatic carbocycles. The summed E-state index contributed by atoms with van der Waals surface area (Å²) < 4.78 is 9.97. The molecule has 0 spiro atoms. The molecule has 134 valence electrons. The molecule has 0 aliphatic carbocycles. The molecule has 0 saturated carbocycles. The summed E-state index contributed by atoms with van der Waals surface area (Å²) in [4.78, 5) is 36.2. The number of amides is 2. The second-order valence-corrected chi connectivity index (χ2v) is 5.22. The maximum absolute atomic E-state index is 12.4. The smallest absolute Gasteiger partial charge is 0.338 e. The molecule has 0 fully saturated rings. The predicted octanol–water partition coefficient (Wildman–Crippen LogP) is 1.52. The number of phenols is 1. The van der Waals surface area contributed by atoms with Gasteiger partial charge in [0, 0.05) is 5.70 Å². The fourth-order valence-corrected chi connectivity index (χ4v) is 2.48. The third kappa shape index (κ3) is 4.50. The van der Waals surface area contributed by atoms with E-state index in [1.165, 1.54) is 12.1 Å². The van der Waals surface area contributed by atoms with Crippen molar-refractivity contribution in [1.29, 1.82) is 0 Å². The zero-order valence-electron chi connectivity index (χ0n) is 14.0. The number of hydrogen-bond donors (Lipinski definition) is 3. The molecule has 1 atom stereocenters. The van der Waals surface area contributed by atoms with Gasteiger partial charge in [-0.25, -0.2) is 9.59 Å². The van der Waals surface area contributed by atoms with Crippen LogP contribution in [0.15, 0.2) is 35.5 Å². The van der Waals surface area contributed by atoms with Crippen molar-refractivity contribution in [2.75, 3.05) is 13.2 Å². The van der Waals surface area contributed by atoms with Crippen LogP contribution in [0, 0.1) is 0 Å². The van der Waals surface area contributed by atoms with E-state index in [-0.39, 0.29) is 36.7 Å². The number of benzene rings is 1. The summed E-state index contributed by atoms with van der Waals surface area (Å²) in [7, 11) is 0. The molecule has 8 heteroatoms. The fourth-order valence-electron chi connectivity index (χ4n) is 2.48. The number of ether oxygens (including phenoxy) is 2. The lowest BCUT2D eigenvalue weighted by Crippen LogP contribution is -2.46. The number of esters is 2. The van der Waals surface area contributed by atoms with E-state index in [2.05, 4.69) is 10.6 Å². The first kappa shape index (κ1) is 18.3. The van der Waals surface area contributed by atoms with Crippen LogP contribution < -0.4 is 10.6 Å². The second-order valence-electron chi connectivity index (χ2n) is 5.22. The molecule has 1 aliphatic rings. The number of nitrogens with one attached hydrogen (secondary N) is 2. The van der Waals surface area contributed by atoms with Gasteiger partial charge in [-0.3, -0.25) is 4.79 Å². The summed E-state index contributed by atoms with van der Waals surface area (Å²) in [6.45, 7) is 3.66. The van der Waals surface area contributed by atoms with Crippen LogP contribution in [-0.4, -0.2) is 36.3 Å². The van der Waals surface area contributed by atoms with E-state index in [1.807, 2.05) is 0 Å². The molecular weight excluding hydrogens is 328 g/mol. The quantitative estimate of drug-likeness (QED) is 0.672. The first-order chi connectivity index (χ1) is 12.0. The Hall–Kier alpha value is -3.03. The molecule has 1 aliphatic heterocycles. The highest BCUT2D eigenvalue weighted by Gasteiger charge is 2.34. The molecule has 25 heavy (non-hydrogen) atoms. The van der Waals surface area contributed by atoms with Crippen molar-refractivity contribution in [3.8, 4) is 5.75 Å². The zero-order chi connectivity index (χ0) is 18.4. The van der Waals surface area contributed by atoms with Crippen LogP contribution in [0.1, 0.15) is 31.9 Å². The Morgan fingerprint density at radius 3 is 2.36 bits per heavy atom. The van der Waals surface area contributed by atoms with Gasteiger partial charge < -0.3 is 25.2 Å². The third-order valence-corrected chi connectivity index (χ3v) is 3.50. The van der Waals surface area contributed by atoms with Gasteiger partial charge in [-0.2, -0.15) is 0 Å². The summed E-state index contributed by atoms with van der Waals surface area (Å²) in [5.41, 5.74) is 0.830. The lowest BCUT2D eigenvalue weighted by Gasteiger charge is -2.29. The van der Waals surface area contributed by atoms with Crippen molar-refractivity contribution in [3.63, 3.8) is 0 Å². The Bertz CT molecular complexity index is 696. The number of hydrogen-bond acceptors (Lipinski definition) is 6. The monoisotopic (exact) mass is 348 g/mol. The lowest BCUT2D eigenvalue weighted by atomic mass is 9.94. The lowest BCUT2D eigenvalue weighted by molar-refractivity contribution is -0.142. The van der Waals surface area contributed by atoms with Gasteiger partial charge in [-0.05, 0) is 31.5 Å². The Morgan fingerprint density at radius 2 is 1.76 bits per heavy atom. The molecule has 2 amide bonds. The van der Waals surface area contributed by atoms with Crippen LogP contribution in [0.4, 0.5) is 4.79 Å². The van der Waals surface area contributed by atoms with Crippen molar-refractivity contribution in [1.82, 2.24) is 10.6 Å². The Morgan fingerprint density at radius 1 is 1.12 bits per heavy atom. The summed E-state index contributed by atoms with van der Waals surface area (Å²) in [5, 5.41) is 14.6. The summed E-state index contributed by atoms with van der Waals surface area (Å²) in [5.74, 6) is -1.16. The topological polar surface area (TPSA) is 114 Å². The number of rotatable bonds is 6. The highest BCUT2D eigenvalue weighted by Crippen LogP contribution is 2.30. The van der Waals surface area contributed by atoms with Gasteiger partial charge >= 0.3 is 18.0 Å². The van der Waals surface area contributed by atoms with E-state index in [0.717, 1.165) is 0 Å². The zero-order valence-corrected chi connectivity index (χ0v) is 14.0. The van der Waals surface area contributed by atoms with E-state index < -0.39 is 24.0 Å². The van der Waals surface area contributed by atoms with Gasteiger partial charge in [0.2, 0.25) is 0 Å². The van der Waals surface area contributed by atoms with E-state index in [1.54, 1.807) is 26.0 Å². The molecule has 1 aromatic rings. The van der Waals surface area contributed by atoms with Gasteiger partial charge in [0.05, 0.1) is 31.2 Å². The second kappa shape index (κ2) is 8.18. The summed E-state index contributed by atoms with van der Waals surface area (Å²) in [6, 6.07) is 4.68. The molecule has 8 nitrogen and oxygen atoms in total. The number of carbonyl (C=O) groups excluding carboxylic acids is 3. The molecule has 1 unspecified atom stereocenters. The van der Waals surface area contributed by atoms with E-state index >= 15 is 0 Å². The van der Waals surface area contributed by atoms with Gasteiger partial charge in [0.1, 0.15) is 5.75 Å². The van der Waals surface area contributed by atoms with Crippen LogP contribution in [0.3, 0.4) is 0 Å². The highest BCUT2D eigenvalue weighted by atomic mass is 16.5. The summed E-state index contributed by atoms with van der Waals surface area (Å²) >= 11 is 0. The van der Waals surface area contributed by atoms with Crippen LogP contribution >= 0.6 is 0 Å².